The van der Waals surface area contributed by atoms with E-state index in [0.717, 1.165) is 28.0 Å². The van der Waals surface area contributed by atoms with E-state index < -0.39 is 5.97 Å². The number of hydrogen-bond donors (Lipinski definition) is 1. The van der Waals surface area contributed by atoms with Crippen LogP contribution in [0.3, 0.4) is 0 Å². The fourth-order valence-electron chi connectivity index (χ4n) is 3.70. The number of ether oxygens (including phenoxy) is 1. The van der Waals surface area contributed by atoms with Gasteiger partial charge in [0.15, 0.2) is 6.61 Å². The van der Waals surface area contributed by atoms with Crippen molar-refractivity contribution in [1.29, 1.82) is 0 Å². The van der Waals surface area contributed by atoms with Gasteiger partial charge < -0.3 is 14.3 Å². The molecular weight excluding hydrogens is 328 g/mol. The van der Waals surface area contributed by atoms with Crippen molar-refractivity contribution in [2.45, 2.75) is 40.7 Å². The minimum absolute atomic E-state index is 0.203. The van der Waals surface area contributed by atoms with Crippen LogP contribution in [0.25, 0.3) is 10.9 Å². The monoisotopic (exact) mass is 352 g/mol. The first-order valence-corrected chi connectivity index (χ1v) is 8.77. The summed E-state index contributed by atoms with van der Waals surface area (Å²) in [5.74, 6) is -0.665. The zero-order chi connectivity index (χ0) is 19.0. The van der Waals surface area contributed by atoms with Gasteiger partial charge in [-0.05, 0) is 46.8 Å². The molecule has 5 heteroatoms. The standard InChI is InChI=1S/C21H24N2O3/c1-12(2)23-13(3)10-17(15(23)5)21(25)26-11-19(24)20-14(4)22-18-9-7-6-8-16(18)20/h6-10,12,22H,11H2,1-5H3. The third-order valence-electron chi connectivity index (χ3n) is 4.73. The van der Waals surface area contributed by atoms with E-state index in [4.69, 9.17) is 4.74 Å². The van der Waals surface area contributed by atoms with E-state index in [0.29, 0.717) is 11.1 Å². The predicted molar refractivity (Wildman–Crippen MR) is 102 cm³/mol. The molecule has 0 bridgehead atoms. The van der Waals surface area contributed by atoms with Gasteiger partial charge in [-0.1, -0.05) is 18.2 Å². The lowest BCUT2D eigenvalue weighted by Gasteiger charge is -2.13. The summed E-state index contributed by atoms with van der Waals surface area (Å²) in [7, 11) is 0. The molecule has 2 heterocycles. The van der Waals surface area contributed by atoms with Crippen molar-refractivity contribution in [2.24, 2.45) is 0 Å². The molecule has 0 spiro atoms. The number of fused-ring (bicyclic) bond motifs is 1. The average Bonchev–Trinajstić information content (AvgIpc) is 3.07. The smallest absolute Gasteiger partial charge is 0.340 e. The third kappa shape index (κ3) is 3.05. The Morgan fingerprint density at radius 1 is 1.15 bits per heavy atom. The molecule has 0 saturated heterocycles. The Labute approximate surface area is 153 Å². The number of hydrogen-bond acceptors (Lipinski definition) is 3. The van der Waals surface area contributed by atoms with Crippen molar-refractivity contribution in [1.82, 2.24) is 9.55 Å². The summed E-state index contributed by atoms with van der Waals surface area (Å²) < 4.78 is 7.42. The number of aromatic nitrogens is 2. The van der Waals surface area contributed by atoms with Gasteiger partial charge in [0, 0.05) is 39.6 Å². The highest BCUT2D eigenvalue weighted by molar-refractivity contribution is 6.10. The van der Waals surface area contributed by atoms with Crippen molar-refractivity contribution in [3.8, 4) is 0 Å². The Hall–Kier alpha value is -2.82. The summed E-state index contributed by atoms with van der Waals surface area (Å²) in [6.07, 6.45) is 0. The highest BCUT2D eigenvalue weighted by atomic mass is 16.5. The van der Waals surface area contributed by atoms with Crippen LogP contribution in [-0.2, 0) is 4.74 Å². The molecule has 5 nitrogen and oxygen atoms in total. The SMILES string of the molecule is Cc1[nH]c2ccccc2c1C(=O)COC(=O)c1cc(C)n(C(C)C)c1C. The quantitative estimate of drug-likeness (QED) is 0.542. The maximum Gasteiger partial charge on any atom is 0.340 e. The second kappa shape index (κ2) is 6.83. The molecular formula is C21H24N2O3. The van der Waals surface area contributed by atoms with Gasteiger partial charge in [-0.2, -0.15) is 0 Å². The Kier molecular flexibility index (Phi) is 4.72. The number of H-pyrrole nitrogens is 1. The summed E-state index contributed by atoms with van der Waals surface area (Å²) in [5.41, 5.74) is 4.65. The van der Waals surface area contributed by atoms with Gasteiger partial charge in [0.2, 0.25) is 5.78 Å². The number of nitrogens with zero attached hydrogens (tertiary/aromatic N) is 1. The molecule has 136 valence electrons. The number of rotatable bonds is 5. The van der Waals surface area contributed by atoms with E-state index in [1.165, 1.54) is 0 Å². The Morgan fingerprint density at radius 2 is 1.85 bits per heavy atom. The van der Waals surface area contributed by atoms with Gasteiger partial charge in [-0.3, -0.25) is 4.79 Å². The second-order valence-electron chi connectivity index (χ2n) is 6.92. The number of para-hydroxylation sites is 1. The normalized spacial score (nSPS) is 11.3. The second-order valence-corrected chi connectivity index (χ2v) is 6.92. The topological polar surface area (TPSA) is 64.1 Å². The highest BCUT2D eigenvalue weighted by Gasteiger charge is 2.21. The van der Waals surface area contributed by atoms with Crippen LogP contribution < -0.4 is 0 Å². The van der Waals surface area contributed by atoms with Gasteiger partial charge in [0.05, 0.1) is 5.56 Å². The van der Waals surface area contributed by atoms with Crippen molar-refractivity contribution in [3.05, 3.63) is 58.5 Å². The van der Waals surface area contributed by atoms with E-state index in [9.17, 15) is 9.59 Å². The molecule has 0 saturated carbocycles. The maximum atomic E-state index is 12.6. The van der Waals surface area contributed by atoms with Gasteiger partial charge in [0.1, 0.15) is 0 Å². The van der Waals surface area contributed by atoms with Crippen LogP contribution in [0.4, 0.5) is 0 Å². The number of carbonyl (C=O) groups is 2. The van der Waals surface area contributed by atoms with E-state index in [1.54, 1.807) is 0 Å². The maximum absolute atomic E-state index is 12.6. The van der Waals surface area contributed by atoms with Crippen LogP contribution >= 0.6 is 0 Å². The molecule has 3 aromatic rings. The van der Waals surface area contributed by atoms with Gasteiger partial charge in [0.25, 0.3) is 0 Å². The van der Waals surface area contributed by atoms with E-state index >= 15 is 0 Å². The van der Waals surface area contributed by atoms with Crippen LogP contribution in [0.1, 0.15) is 57.7 Å². The van der Waals surface area contributed by atoms with Crippen LogP contribution in [0, 0.1) is 20.8 Å². The fourth-order valence-corrected chi connectivity index (χ4v) is 3.70. The van der Waals surface area contributed by atoms with E-state index in [2.05, 4.69) is 23.4 Å². The van der Waals surface area contributed by atoms with E-state index in [1.807, 2.05) is 51.1 Å². The minimum Gasteiger partial charge on any atom is -0.454 e. The van der Waals surface area contributed by atoms with Crippen LogP contribution in [0.5, 0.6) is 0 Å². The lowest BCUT2D eigenvalue weighted by molar-refractivity contribution is 0.0474. The van der Waals surface area contributed by atoms with Crippen molar-refractivity contribution >= 4 is 22.7 Å². The first-order valence-electron chi connectivity index (χ1n) is 8.77. The minimum atomic E-state index is -0.462. The highest BCUT2D eigenvalue weighted by Crippen LogP contribution is 2.23. The zero-order valence-electron chi connectivity index (χ0n) is 15.8. The molecule has 1 N–H and O–H groups in total. The largest absolute Gasteiger partial charge is 0.454 e. The molecule has 26 heavy (non-hydrogen) atoms. The number of ketones is 1. The van der Waals surface area contributed by atoms with Crippen LogP contribution in [-0.4, -0.2) is 27.9 Å². The Balaban J connectivity index is 1.79. The molecule has 2 aromatic heterocycles. The molecule has 0 amide bonds. The van der Waals surface area contributed by atoms with Crippen molar-refractivity contribution in [3.63, 3.8) is 0 Å². The number of Topliss-reactive ketones (excluding diaryl/α,β-unsaturated/α-hetero) is 1. The average molecular weight is 352 g/mol. The third-order valence-corrected chi connectivity index (χ3v) is 4.73. The molecule has 3 rings (SSSR count). The molecule has 0 aliphatic carbocycles. The zero-order valence-corrected chi connectivity index (χ0v) is 15.8. The van der Waals surface area contributed by atoms with Crippen LogP contribution in [0.2, 0.25) is 0 Å². The summed E-state index contributed by atoms with van der Waals surface area (Å²) in [4.78, 5) is 28.3. The summed E-state index contributed by atoms with van der Waals surface area (Å²) in [6.45, 7) is 9.58. The van der Waals surface area contributed by atoms with Crippen molar-refractivity contribution < 1.29 is 14.3 Å². The molecule has 0 atom stereocenters. The van der Waals surface area contributed by atoms with Gasteiger partial charge in [-0.25, -0.2) is 4.79 Å². The number of aryl methyl sites for hydroxylation is 2. The predicted octanol–water partition coefficient (Wildman–Crippen LogP) is 4.52. The first kappa shape index (κ1) is 18.0. The number of nitrogens with one attached hydrogen (secondary N) is 1. The molecule has 0 aliphatic rings. The first-order chi connectivity index (χ1) is 12.3. The Morgan fingerprint density at radius 3 is 2.50 bits per heavy atom. The number of esters is 1. The van der Waals surface area contributed by atoms with Crippen molar-refractivity contribution in [2.75, 3.05) is 6.61 Å². The van der Waals surface area contributed by atoms with Gasteiger partial charge in [-0.15, -0.1) is 0 Å². The number of carbonyl (C=O) groups excluding carboxylic acids is 2. The number of aromatic amines is 1. The summed E-state index contributed by atoms with van der Waals surface area (Å²) >= 11 is 0. The van der Waals surface area contributed by atoms with Crippen LogP contribution in [0.15, 0.2) is 30.3 Å². The molecule has 0 aliphatic heterocycles. The molecule has 0 unspecified atom stereocenters. The fraction of sp³-hybridized carbons (Fsp3) is 0.333. The van der Waals surface area contributed by atoms with E-state index in [-0.39, 0.29) is 18.4 Å². The molecule has 1 aromatic carbocycles. The Bertz CT molecular complexity index is 992. The molecule has 0 fully saturated rings. The molecule has 0 radical (unpaired) electrons. The lowest BCUT2D eigenvalue weighted by atomic mass is 10.1. The number of benzene rings is 1. The lowest BCUT2D eigenvalue weighted by Crippen LogP contribution is -2.15. The summed E-state index contributed by atoms with van der Waals surface area (Å²) in [6, 6.07) is 9.69. The van der Waals surface area contributed by atoms with Gasteiger partial charge >= 0.3 is 5.97 Å². The summed E-state index contributed by atoms with van der Waals surface area (Å²) in [5, 5.41) is 0.851.